The molecule has 2 fully saturated rings. The molecule has 2 aliphatic rings. The average Bonchev–Trinajstić information content (AvgIpc) is 3.29. The number of hydrogen-bond donors (Lipinski definition) is 1. The van der Waals surface area contributed by atoms with Crippen molar-refractivity contribution in [2.45, 2.75) is 84.7 Å². The maximum atomic E-state index is 14.9. The van der Waals surface area contributed by atoms with Gasteiger partial charge in [-0.15, -0.1) is 0 Å². The molecule has 4 heteroatoms. The Balaban J connectivity index is 1.34. The highest BCUT2D eigenvalue weighted by Crippen LogP contribution is 2.39. The van der Waals surface area contributed by atoms with E-state index in [-0.39, 0.29) is 17.8 Å². The zero-order chi connectivity index (χ0) is 24.3. The Morgan fingerprint density at radius 1 is 1.00 bits per heavy atom. The minimum atomic E-state index is -0.656. The molecule has 0 amide bonds. The number of halogens is 1. The van der Waals surface area contributed by atoms with Crippen LogP contribution >= 0.6 is 0 Å². The Morgan fingerprint density at radius 3 is 2.38 bits per heavy atom. The zero-order valence-electron chi connectivity index (χ0n) is 20.9. The first kappa shape index (κ1) is 24.8. The van der Waals surface area contributed by atoms with Gasteiger partial charge in [0.05, 0.1) is 12.0 Å². The van der Waals surface area contributed by atoms with E-state index in [1.54, 1.807) is 12.1 Å². The van der Waals surface area contributed by atoms with Crippen LogP contribution in [-0.4, -0.2) is 17.2 Å². The van der Waals surface area contributed by atoms with Crippen LogP contribution in [0.2, 0.25) is 0 Å². The topological polar surface area (TPSA) is 46.5 Å². The highest BCUT2D eigenvalue weighted by atomic mass is 19.1. The fraction of sp³-hybridized carbons (Fsp3) is 0.567. The van der Waals surface area contributed by atoms with Crippen LogP contribution < -0.4 is 4.74 Å². The van der Waals surface area contributed by atoms with Crippen LogP contribution in [0, 0.1) is 29.0 Å². The molecule has 0 bridgehead atoms. The number of rotatable bonds is 7. The molecule has 0 spiro atoms. The maximum Gasteiger partial charge on any atom is 0.306 e. The van der Waals surface area contributed by atoms with E-state index < -0.39 is 5.97 Å². The molecule has 0 aliphatic heterocycles. The molecule has 0 aromatic heterocycles. The molecule has 34 heavy (non-hydrogen) atoms. The molecule has 2 atom stereocenters. The van der Waals surface area contributed by atoms with Gasteiger partial charge >= 0.3 is 5.97 Å². The van der Waals surface area contributed by atoms with Crippen molar-refractivity contribution in [2.75, 3.05) is 0 Å². The summed E-state index contributed by atoms with van der Waals surface area (Å²) in [6.45, 7) is 6.90. The first-order chi connectivity index (χ1) is 16.2. The van der Waals surface area contributed by atoms with Gasteiger partial charge in [-0.3, -0.25) is 4.79 Å². The molecule has 0 radical (unpaired) electrons. The highest BCUT2D eigenvalue weighted by Gasteiger charge is 2.31. The molecule has 2 unspecified atom stereocenters. The number of hydrogen-bond acceptors (Lipinski definition) is 2. The lowest BCUT2D eigenvalue weighted by atomic mass is 9.72. The van der Waals surface area contributed by atoms with E-state index in [2.05, 4.69) is 32.9 Å². The Kier molecular flexibility index (Phi) is 7.64. The summed E-state index contributed by atoms with van der Waals surface area (Å²) >= 11 is 0. The fourth-order valence-electron chi connectivity index (χ4n) is 5.84. The summed E-state index contributed by atoms with van der Waals surface area (Å²) in [7, 11) is 0. The monoisotopic (exact) mass is 466 g/mol. The molecular weight excluding hydrogens is 427 g/mol. The van der Waals surface area contributed by atoms with Gasteiger partial charge in [0.2, 0.25) is 0 Å². The Morgan fingerprint density at radius 2 is 1.74 bits per heavy atom. The second-order valence-electron chi connectivity index (χ2n) is 11.6. The lowest BCUT2D eigenvalue weighted by Crippen LogP contribution is -2.30. The minimum absolute atomic E-state index is 0.0959. The summed E-state index contributed by atoms with van der Waals surface area (Å²) < 4.78 is 21.0. The standard InChI is InChI=1S/C30H39FO3/c1-30(2,3)25-12-14-26(15-13-25)34-28-16-11-23(19-27(28)31)22-6-4-5-20(17-22)7-8-21-9-10-24(18-21)29(32)33/h4-6,11,16-17,19,21,24-26H,7-10,12-15,18H2,1-3H3,(H,32,33). The van der Waals surface area contributed by atoms with Crippen LogP contribution in [0.3, 0.4) is 0 Å². The van der Waals surface area contributed by atoms with Crippen molar-refractivity contribution < 1.29 is 19.0 Å². The van der Waals surface area contributed by atoms with Crippen molar-refractivity contribution in [1.29, 1.82) is 0 Å². The van der Waals surface area contributed by atoms with Gasteiger partial charge < -0.3 is 9.84 Å². The predicted octanol–water partition coefficient (Wildman–Crippen LogP) is 7.91. The molecule has 2 saturated carbocycles. The molecule has 0 saturated heterocycles. The average molecular weight is 467 g/mol. The summed E-state index contributed by atoms with van der Waals surface area (Å²) in [6, 6.07) is 13.6. The summed E-state index contributed by atoms with van der Waals surface area (Å²) in [5, 5.41) is 9.21. The van der Waals surface area contributed by atoms with Gasteiger partial charge in [-0.05, 0) is 104 Å². The highest BCUT2D eigenvalue weighted by molar-refractivity contribution is 5.70. The fourth-order valence-corrected chi connectivity index (χ4v) is 5.84. The van der Waals surface area contributed by atoms with E-state index in [4.69, 9.17) is 4.74 Å². The molecule has 2 aromatic rings. The van der Waals surface area contributed by atoms with Crippen LogP contribution in [0.15, 0.2) is 42.5 Å². The van der Waals surface area contributed by atoms with Gasteiger partial charge in [-0.1, -0.05) is 51.1 Å². The summed E-state index contributed by atoms with van der Waals surface area (Å²) in [5.74, 6) is 0.418. The minimum Gasteiger partial charge on any atom is -0.487 e. The van der Waals surface area contributed by atoms with Gasteiger partial charge in [0, 0.05) is 0 Å². The van der Waals surface area contributed by atoms with Crippen molar-refractivity contribution in [3.05, 3.63) is 53.8 Å². The second kappa shape index (κ2) is 10.5. The van der Waals surface area contributed by atoms with E-state index in [1.807, 2.05) is 18.2 Å². The number of ether oxygens (including phenoxy) is 1. The quantitative estimate of drug-likeness (QED) is 0.451. The molecule has 3 nitrogen and oxygen atoms in total. The largest absolute Gasteiger partial charge is 0.487 e. The second-order valence-corrected chi connectivity index (χ2v) is 11.6. The summed E-state index contributed by atoms with van der Waals surface area (Å²) in [4.78, 5) is 11.2. The van der Waals surface area contributed by atoms with E-state index in [0.29, 0.717) is 23.0 Å². The normalized spacial score (nSPS) is 25.3. The number of carboxylic acids is 1. The number of benzene rings is 2. The molecule has 184 valence electrons. The molecule has 1 N–H and O–H groups in total. The Labute approximate surface area is 203 Å². The van der Waals surface area contributed by atoms with Gasteiger partial charge in [0.15, 0.2) is 11.6 Å². The third kappa shape index (κ3) is 6.20. The van der Waals surface area contributed by atoms with Gasteiger partial charge in [-0.2, -0.15) is 0 Å². The van der Waals surface area contributed by atoms with E-state index in [9.17, 15) is 14.3 Å². The van der Waals surface area contributed by atoms with E-state index in [1.165, 1.54) is 5.56 Å². The number of aryl methyl sites for hydroxylation is 1. The third-order valence-corrected chi connectivity index (χ3v) is 8.12. The van der Waals surface area contributed by atoms with Gasteiger partial charge in [0.1, 0.15) is 0 Å². The lowest BCUT2D eigenvalue weighted by Gasteiger charge is -2.37. The van der Waals surface area contributed by atoms with Crippen molar-refractivity contribution in [3.8, 4) is 16.9 Å². The maximum absolute atomic E-state index is 14.9. The Hall–Kier alpha value is -2.36. The number of aliphatic carboxylic acids is 1. The Bertz CT molecular complexity index is 985. The van der Waals surface area contributed by atoms with Crippen molar-refractivity contribution in [3.63, 3.8) is 0 Å². The van der Waals surface area contributed by atoms with Crippen molar-refractivity contribution in [2.24, 2.45) is 23.2 Å². The van der Waals surface area contributed by atoms with E-state index in [0.717, 1.165) is 68.9 Å². The SMILES string of the molecule is CC(C)(C)C1CCC(Oc2ccc(-c3cccc(CCC4CCC(C(=O)O)C4)c3)cc2F)CC1. The molecule has 2 aromatic carbocycles. The third-order valence-electron chi connectivity index (χ3n) is 8.12. The van der Waals surface area contributed by atoms with Crippen LogP contribution in [0.25, 0.3) is 11.1 Å². The van der Waals surface area contributed by atoms with Crippen LogP contribution in [0.5, 0.6) is 5.75 Å². The van der Waals surface area contributed by atoms with Crippen molar-refractivity contribution >= 4 is 5.97 Å². The summed E-state index contributed by atoms with van der Waals surface area (Å²) in [6.07, 6.45) is 8.86. The van der Waals surface area contributed by atoms with Gasteiger partial charge in [0.25, 0.3) is 0 Å². The smallest absolute Gasteiger partial charge is 0.306 e. The van der Waals surface area contributed by atoms with Crippen LogP contribution in [0.1, 0.15) is 77.7 Å². The predicted molar refractivity (Wildman–Crippen MR) is 134 cm³/mol. The molecule has 2 aliphatic carbocycles. The van der Waals surface area contributed by atoms with E-state index >= 15 is 0 Å². The van der Waals surface area contributed by atoms with Crippen LogP contribution in [-0.2, 0) is 11.2 Å². The molecule has 0 heterocycles. The zero-order valence-corrected chi connectivity index (χ0v) is 20.9. The first-order valence-electron chi connectivity index (χ1n) is 13.0. The lowest BCUT2D eigenvalue weighted by molar-refractivity contribution is -0.141. The molecular formula is C30H39FO3. The first-order valence-corrected chi connectivity index (χ1v) is 13.0. The number of carbonyl (C=O) groups is 1. The van der Waals surface area contributed by atoms with Crippen molar-refractivity contribution in [1.82, 2.24) is 0 Å². The summed E-state index contributed by atoms with van der Waals surface area (Å²) in [5.41, 5.74) is 3.40. The number of carboxylic acid groups (broad SMARTS) is 1. The van der Waals surface area contributed by atoms with Gasteiger partial charge in [-0.25, -0.2) is 4.39 Å². The van der Waals surface area contributed by atoms with Crippen LogP contribution in [0.4, 0.5) is 4.39 Å². The molecule has 4 rings (SSSR count).